The molecule has 2 rings (SSSR count). The van der Waals surface area contributed by atoms with E-state index >= 15 is 0 Å². The van der Waals surface area contributed by atoms with Gasteiger partial charge in [0.2, 0.25) is 0 Å². The topological polar surface area (TPSA) is 26.3 Å². The second kappa shape index (κ2) is 6.18. The fourth-order valence-electron chi connectivity index (χ4n) is 1.87. The van der Waals surface area contributed by atoms with Gasteiger partial charge in [-0.3, -0.25) is 4.79 Å². The molecule has 0 aliphatic carbocycles. The summed E-state index contributed by atoms with van der Waals surface area (Å²) in [5.41, 5.74) is 1.28. The van der Waals surface area contributed by atoms with Crippen LogP contribution in [0, 0.1) is 12.7 Å². The van der Waals surface area contributed by atoms with Crippen LogP contribution in [0.5, 0.6) is 5.75 Å². The molecule has 0 saturated heterocycles. The van der Waals surface area contributed by atoms with Crippen molar-refractivity contribution in [1.29, 1.82) is 0 Å². The van der Waals surface area contributed by atoms with Gasteiger partial charge in [-0.1, -0.05) is 6.07 Å². The fourth-order valence-corrected chi connectivity index (χ4v) is 2.37. The lowest BCUT2D eigenvalue weighted by molar-refractivity contribution is 0.103. The zero-order valence-electron chi connectivity index (χ0n) is 11.2. The van der Waals surface area contributed by atoms with E-state index < -0.39 is 5.82 Å². The van der Waals surface area contributed by atoms with Gasteiger partial charge < -0.3 is 4.74 Å². The van der Waals surface area contributed by atoms with Gasteiger partial charge in [0.25, 0.3) is 0 Å². The molecular weight excluding hydrogens is 323 g/mol. The SMILES string of the molecule is CCOc1ccc(C(=O)c2ccc(C)cc2F)cc1Br. The molecule has 0 aliphatic heterocycles. The number of benzene rings is 2. The van der Waals surface area contributed by atoms with Gasteiger partial charge in [-0.2, -0.15) is 0 Å². The molecule has 0 aromatic heterocycles. The molecule has 104 valence electrons. The second-order valence-electron chi connectivity index (χ2n) is 4.39. The Labute approximate surface area is 125 Å². The highest BCUT2D eigenvalue weighted by Gasteiger charge is 2.15. The molecule has 2 aromatic carbocycles. The number of ketones is 1. The Morgan fingerprint density at radius 2 is 2.00 bits per heavy atom. The minimum absolute atomic E-state index is 0.0756. The van der Waals surface area contributed by atoms with Gasteiger partial charge in [0.05, 0.1) is 16.6 Å². The predicted molar refractivity (Wildman–Crippen MR) is 79.9 cm³/mol. The monoisotopic (exact) mass is 336 g/mol. The molecule has 0 spiro atoms. The van der Waals surface area contributed by atoms with Crippen LogP contribution in [-0.2, 0) is 0 Å². The molecule has 0 saturated carbocycles. The summed E-state index contributed by atoms with van der Waals surface area (Å²) in [6.45, 7) is 4.20. The number of ether oxygens (including phenoxy) is 1. The molecule has 0 aliphatic rings. The van der Waals surface area contributed by atoms with Gasteiger partial charge in [-0.15, -0.1) is 0 Å². The van der Waals surface area contributed by atoms with E-state index in [9.17, 15) is 9.18 Å². The maximum Gasteiger partial charge on any atom is 0.196 e. The number of carbonyl (C=O) groups is 1. The van der Waals surface area contributed by atoms with E-state index in [2.05, 4.69) is 15.9 Å². The summed E-state index contributed by atoms with van der Waals surface area (Å²) in [6, 6.07) is 9.57. The van der Waals surface area contributed by atoms with Crippen molar-refractivity contribution >= 4 is 21.7 Å². The highest BCUT2D eigenvalue weighted by atomic mass is 79.9. The molecule has 2 nitrogen and oxygen atoms in total. The summed E-state index contributed by atoms with van der Waals surface area (Å²) < 4.78 is 19.9. The van der Waals surface area contributed by atoms with Crippen molar-refractivity contribution in [3.63, 3.8) is 0 Å². The minimum atomic E-state index is -0.500. The van der Waals surface area contributed by atoms with E-state index in [-0.39, 0.29) is 11.3 Å². The third-order valence-corrected chi connectivity index (χ3v) is 3.48. The Morgan fingerprint density at radius 1 is 1.25 bits per heavy atom. The third kappa shape index (κ3) is 3.07. The highest BCUT2D eigenvalue weighted by Crippen LogP contribution is 2.27. The number of aryl methyl sites for hydroxylation is 1. The van der Waals surface area contributed by atoms with E-state index in [0.29, 0.717) is 22.4 Å². The van der Waals surface area contributed by atoms with Gasteiger partial charge in [-0.25, -0.2) is 4.39 Å². The summed E-state index contributed by atoms with van der Waals surface area (Å²) in [7, 11) is 0. The van der Waals surface area contributed by atoms with Crippen molar-refractivity contribution in [2.24, 2.45) is 0 Å². The maximum absolute atomic E-state index is 13.8. The molecule has 0 atom stereocenters. The van der Waals surface area contributed by atoms with Gasteiger partial charge in [0.1, 0.15) is 11.6 Å². The van der Waals surface area contributed by atoms with Crippen molar-refractivity contribution < 1.29 is 13.9 Å². The molecule has 20 heavy (non-hydrogen) atoms. The maximum atomic E-state index is 13.8. The third-order valence-electron chi connectivity index (χ3n) is 2.86. The van der Waals surface area contributed by atoms with Crippen LogP contribution in [0.1, 0.15) is 28.4 Å². The first-order chi connectivity index (χ1) is 9.52. The van der Waals surface area contributed by atoms with Crippen LogP contribution in [0.2, 0.25) is 0 Å². The second-order valence-corrected chi connectivity index (χ2v) is 5.24. The Morgan fingerprint density at radius 3 is 2.60 bits per heavy atom. The molecule has 0 unspecified atom stereocenters. The largest absolute Gasteiger partial charge is 0.493 e. The summed E-state index contributed by atoms with van der Waals surface area (Å²) >= 11 is 3.35. The standard InChI is InChI=1S/C16H14BrFO2/c1-3-20-15-7-5-11(9-13(15)17)16(19)12-6-4-10(2)8-14(12)18/h4-9H,3H2,1-2H3. The summed E-state index contributed by atoms with van der Waals surface area (Å²) in [4.78, 5) is 12.3. The molecule has 0 radical (unpaired) electrons. The number of hydrogen-bond acceptors (Lipinski definition) is 2. The minimum Gasteiger partial charge on any atom is -0.493 e. The molecule has 0 heterocycles. The molecule has 4 heteroatoms. The summed E-state index contributed by atoms with van der Waals surface area (Å²) in [5, 5.41) is 0. The zero-order valence-corrected chi connectivity index (χ0v) is 12.8. The van der Waals surface area contributed by atoms with Crippen molar-refractivity contribution in [1.82, 2.24) is 0 Å². The van der Waals surface area contributed by atoms with Crippen molar-refractivity contribution in [2.75, 3.05) is 6.61 Å². The average Bonchev–Trinajstić information content (AvgIpc) is 2.40. The van der Waals surface area contributed by atoms with E-state index in [1.165, 1.54) is 12.1 Å². The van der Waals surface area contributed by atoms with Crippen molar-refractivity contribution in [2.45, 2.75) is 13.8 Å². The first kappa shape index (κ1) is 14.7. The Kier molecular flexibility index (Phi) is 4.55. The number of rotatable bonds is 4. The van der Waals surface area contributed by atoms with Crippen LogP contribution in [0.15, 0.2) is 40.9 Å². The molecule has 2 aromatic rings. The normalized spacial score (nSPS) is 10.4. The van der Waals surface area contributed by atoms with E-state index in [4.69, 9.17) is 4.74 Å². The lowest BCUT2D eigenvalue weighted by Crippen LogP contribution is -2.05. The van der Waals surface area contributed by atoms with Crippen LogP contribution in [0.4, 0.5) is 4.39 Å². The Bertz CT molecular complexity index is 653. The van der Waals surface area contributed by atoms with Gasteiger partial charge in [0, 0.05) is 5.56 Å². The summed E-state index contributed by atoms with van der Waals surface area (Å²) in [6.07, 6.45) is 0. The molecule has 0 fully saturated rings. The number of hydrogen-bond donors (Lipinski definition) is 0. The average molecular weight is 337 g/mol. The van der Waals surface area contributed by atoms with E-state index in [0.717, 1.165) is 5.56 Å². The number of carbonyl (C=O) groups excluding carboxylic acids is 1. The van der Waals surface area contributed by atoms with Crippen LogP contribution >= 0.6 is 15.9 Å². The molecule has 0 amide bonds. The van der Waals surface area contributed by atoms with Gasteiger partial charge in [-0.05, 0) is 65.7 Å². The lowest BCUT2D eigenvalue weighted by Gasteiger charge is -2.08. The van der Waals surface area contributed by atoms with E-state index in [1.807, 2.05) is 6.92 Å². The van der Waals surface area contributed by atoms with Crippen LogP contribution in [0.3, 0.4) is 0 Å². The van der Waals surface area contributed by atoms with Gasteiger partial charge in [0.15, 0.2) is 5.78 Å². The van der Waals surface area contributed by atoms with Crippen LogP contribution < -0.4 is 4.74 Å². The molecular formula is C16H14BrFO2. The number of halogens is 2. The molecule has 0 N–H and O–H groups in total. The first-order valence-corrected chi connectivity index (χ1v) is 7.05. The van der Waals surface area contributed by atoms with Crippen LogP contribution in [0.25, 0.3) is 0 Å². The summed E-state index contributed by atoms with van der Waals surface area (Å²) in [5.74, 6) is -0.181. The highest BCUT2D eigenvalue weighted by molar-refractivity contribution is 9.10. The van der Waals surface area contributed by atoms with Crippen molar-refractivity contribution in [3.8, 4) is 5.75 Å². The molecule has 0 bridgehead atoms. The predicted octanol–water partition coefficient (Wildman–Crippen LogP) is 4.53. The fraction of sp³-hybridized carbons (Fsp3) is 0.188. The van der Waals surface area contributed by atoms with Crippen LogP contribution in [-0.4, -0.2) is 12.4 Å². The quantitative estimate of drug-likeness (QED) is 0.767. The van der Waals surface area contributed by atoms with E-state index in [1.54, 1.807) is 31.2 Å². The smallest absolute Gasteiger partial charge is 0.196 e. The Balaban J connectivity index is 2.36. The van der Waals surface area contributed by atoms with Gasteiger partial charge >= 0.3 is 0 Å². The lowest BCUT2D eigenvalue weighted by atomic mass is 10.0. The zero-order chi connectivity index (χ0) is 14.7. The Hall–Kier alpha value is -1.68. The van der Waals surface area contributed by atoms with Crippen molar-refractivity contribution in [3.05, 3.63) is 63.4 Å². The first-order valence-electron chi connectivity index (χ1n) is 6.26.